The second kappa shape index (κ2) is 5.08. The van der Waals surface area contributed by atoms with Crippen LogP contribution >= 0.6 is 0 Å². The zero-order valence-electron chi connectivity index (χ0n) is 12.3. The van der Waals surface area contributed by atoms with E-state index in [1.54, 1.807) is 6.20 Å². The van der Waals surface area contributed by atoms with Crippen LogP contribution < -0.4 is 5.56 Å². The molecule has 0 atom stereocenters. The number of carboxylic acids is 1. The maximum absolute atomic E-state index is 12.1. The van der Waals surface area contributed by atoms with E-state index < -0.39 is 11.5 Å². The summed E-state index contributed by atoms with van der Waals surface area (Å²) in [6, 6.07) is 7.21. The third-order valence-electron chi connectivity index (χ3n) is 4.60. The van der Waals surface area contributed by atoms with E-state index in [-0.39, 0.29) is 5.56 Å². The third kappa shape index (κ3) is 2.14. The Hall–Kier alpha value is -2.89. The average molecular weight is 309 g/mol. The number of rotatable bonds is 3. The molecule has 2 heterocycles. The standard InChI is InChI=1S/C17H15N3O3/c21-16-12(17(22)23)8-10-4-5-11(9-2-1-3-9)14(15(10)19-16)13-6-7-18-20-13/h4-9H,1-3H2,(H,18,20)(H,19,21)(H,22,23). The number of hydrogen-bond acceptors (Lipinski definition) is 3. The molecule has 3 N–H and O–H groups in total. The summed E-state index contributed by atoms with van der Waals surface area (Å²) in [5.41, 5.74) is 2.75. The van der Waals surface area contributed by atoms with Gasteiger partial charge in [-0.3, -0.25) is 9.89 Å². The fourth-order valence-electron chi connectivity index (χ4n) is 3.20. The molecule has 0 radical (unpaired) electrons. The first-order valence-corrected chi connectivity index (χ1v) is 7.58. The van der Waals surface area contributed by atoms with E-state index in [4.69, 9.17) is 5.11 Å². The van der Waals surface area contributed by atoms with Gasteiger partial charge in [0.25, 0.3) is 5.56 Å². The van der Waals surface area contributed by atoms with Crippen molar-refractivity contribution in [3.05, 3.63) is 51.9 Å². The molecule has 116 valence electrons. The summed E-state index contributed by atoms with van der Waals surface area (Å²) in [4.78, 5) is 26.0. The Balaban J connectivity index is 2.05. The Bertz CT molecular complexity index is 953. The Morgan fingerprint density at radius 1 is 1.26 bits per heavy atom. The predicted octanol–water partition coefficient (Wildman–Crippen LogP) is 2.88. The first-order chi connectivity index (χ1) is 11.1. The molecule has 0 saturated heterocycles. The van der Waals surface area contributed by atoms with Gasteiger partial charge < -0.3 is 10.1 Å². The number of H-pyrrole nitrogens is 2. The average Bonchev–Trinajstić information content (AvgIpc) is 2.98. The molecule has 1 aliphatic rings. The van der Waals surface area contributed by atoms with Crippen molar-refractivity contribution in [1.82, 2.24) is 15.2 Å². The first-order valence-electron chi connectivity index (χ1n) is 7.58. The molecular formula is C17H15N3O3. The van der Waals surface area contributed by atoms with Gasteiger partial charge in [0.1, 0.15) is 5.56 Å². The molecule has 0 amide bonds. The van der Waals surface area contributed by atoms with Crippen molar-refractivity contribution in [3.8, 4) is 11.3 Å². The van der Waals surface area contributed by atoms with Gasteiger partial charge in [-0.25, -0.2) is 4.79 Å². The first kappa shape index (κ1) is 13.8. The lowest BCUT2D eigenvalue weighted by molar-refractivity contribution is 0.0695. The van der Waals surface area contributed by atoms with E-state index in [0.717, 1.165) is 24.1 Å². The molecule has 0 spiro atoms. The summed E-state index contributed by atoms with van der Waals surface area (Å²) in [6.07, 6.45) is 5.14. The third-order valence-corrected chi connectivity index (χ3v) is 4.60. The minimum atomic E-state index is -1.22. The van der Waals surface area contributed by atoms with Crippen LogP contribution in [-0.4, -0.2) is 26.3 Å². The highest BCUT2D eigenvalue weighted by Crippen LogP contribution is 2.42. The summed E-state index contributed by atoms with van der Waals surface area (Å²) in [5.74, 6) is -0.750. The number of carbonyl (C=O) groups is 1. The molecule has 6 heteroatoms. The molecule has 0 aliphatic heterocycles. The highest BCUT2D eigenvalue weighted by Gasteiger charge is 2.25. The van der Waals surface area contributed by atoms with Crippen molar-refractivity contribution in [2.45, 2.75) is 25.2 Å². The normalized spacial score (nSPS) is 14.8. The van der Waals surface area contributed by atoms with Crippen LogP contribution in [0.15, 0.2) is 35.3 Å². The largest absolute Gasteiger partial charge is 0.477 e. The van der Waals surface area contributed by atoms with Crippen LogP contribution in [0.3, 0.4) is 0 Å². The van der Waals surface area contributed by atoms with E-state index in [1.165, 1.54) is 18.1 Å². The van der Waals surface area contributed by atoms with Gasteiger partial charge in [-0.2, -0.15) is 5.10 Å². The Morgan fingerprint density at radius 3 is 2.70 bits per heavy atom. The highest BCUT2D eigenvalue weighted by atomic mass is 16.4. The second-order valence-corrected chi connectivity index (χ2v) is 5.91. The molecule has 0 bridgehead atoms. The predicted molar refractivity (Wildman–Crippen MR) is 85.7 cm³/mol. The molecule has 1 fully saturated rings. The van der Waals surface area contributed by atoms with Gasteiger partial charge in [0.15, 0.2) is 0 Å². The lowest BCUT2D eigenvalue weighted by Crippen LogP contribution is -2.18. The topological polar surface area (TPSA) is 98.8 Å². The molecule has 2 aromatic heterocycles. The Morgan fingerprint density at radius 2 is 2.09 bits per heavy atom. The number of aromatic carboxylic acids is 1. The number of fused-ring (bicyclic) bond motifs is 1. The molecule has 4 rings (SSSR count). The smallest absolute Gasteiger partial charge is 0.341 e. The van der Waals surface area contributed by atoms with E-state index in [2.05, 4.69) is 15.2 Å². The summed E-state index contributed by atoms with van der Waals surface area (Å²) >= 11 is 0. The fourth-order valence-corrected chi connectivity index (χ4v) is 3.20. The summed E-state index contributed by atoms with van der Waals surface area (Å²) < 4.78 is 0. The van der Waals surface area contributed by atoms with Crippen molar-refractivity contribution in [3.63, 3.8) is 0 Å². The lowest BCUT2D eigenvalue weighted by Gasteiger charge is -2.28. The van der Waals surface area contributed by atoms with Gasteiger partial charge >= 0.3 is 5.97 Å². The van der Waals surface area contributed by atoms with Gasteiger partial charge in [-0.1, -0.05) is 18.6 Å². The van der Waals surface area contributed by atoms with E-state index in [0.29, 0.717) is 16.8 Å². The second-order valence-electron chi connectivity index (χ2n) is 5.91. The molecule has 0 unspecified atom stereocenters. The summed E-state index contributed by atoms with van der Waals surface area (Å²) in [7, 11) is 0. The number of aromatic nitrogens is 3. The van der Waals surface area contributed by atoms with E-state index >= 15 is 0 Å². The van der Waals surface area contributed by atoms with Gasteiger partial charge in [-0.05, 0) is 41.8 Å². The maximum Gasteiger partial charge on any atom is 0.341 e. The van der Waals surface area contributed by atoms with E-state index in [1.807, 2.05) is 18.2 Å². The van der Waals surface area contributed by atoms with Crippen LogP contribution in [0.2, 0.25) is 0 Å². The monoisotopic (exact) mass is 309 g/mol. The van der Waals surface area contributed by atoms with Crippen LogP contribution in [0.4, 0.5) is 0 Å². The van der Waals surface area contributed by atoms with Crippen molar-refractivity contribution in [2.24, 2.45) is 0 Å². The van der Waals surface area contributed by atoms with Gasteiger partial charge in [0.2, 0.25) is 0 Å². The van der Waals surface area contributed by atoms with Crippen LogP contribution in [0.25, 0.3) is 22.2 Å². The summed E-state index contributed by atoms with van der Waals surface area (Å²) in [5, 5.41) is 16.8. The maximum atomic E-state index is 12.1. The molecule has 1 aliphatic carbocycles. The number of carboxylic acid groups (broad SMARTS) is 1. The number of pyridine rings is 1. The van der Waals surface area contributed by atoms with Crippen molar-refractivity contribution in [1.29, 1.82) is 0 Å². The molecule has 3 aromatic rings. The quantitative estimate of drug-likeness (QED) is 0.692. The van der Waals surface area contributed by atoms with E-state index in [9.17, 15) is 9.59 Å². The van der Waals surface area contributed by atoms with Crippen LogP contribution in [0, 0.1) is 0 Å². The fraction of sp³-hybridized carbons (Fsp3) is 0.235. The lowest BCUT2D eigenvalue weighted by atomic mass is 9.77. The highest BCUT2D eigenvalue weighted by molar-refractivity contribution is 5.98. The molecule has 1 saturated carbocycles. The van der Waals surface area contributed by atoms with Crippen molar-refractivity contribution >= 4 is 16.9 Å². The summed E-state index contributed by atoms with van der Waals surface area (Å²) in [6.45, 7) is 0. The molecule has 1 aromatic carbocycles. The van der Waals surface area contributed by atoms with Gasteiger partial charge in [-0.15, -0.1) is 0 Å². The number of aromatic amines is 2. The van der Waals surface area contributed by atoms with Gasteiger partial charge in [0.05, 0.1) is 11.2 Å². The minimum Gasteiger partial charge on any atom is -0.477 e. The number of nitrogens with one attached hydrogen (secondary N) is 2. The van der Waals surface area contributed by atoms with Crippen LogP contribution in [0.1, 0.15) is 41.1 Å². The molecular weight excluding hydrogens is 294 g/mol. The number of nitrogens with zero attached hydrogens (tertiary/aromatic N) is 1. The zero-order chi connectivity index (χ0) is 16.0. The number of benzene rings is 1. The Labute approximate surface area is 131 Å². The zero-order valence-corrected chi connectivity index (χ0v) is 12.3. The number of hydrogen-bond donors (Lipinski definition) is 3. The minimum absolute atomic E-state index is 0.246. The van der Waals surface area contributed by atoms with Gasteiger partial charge in [0, 0.05) is 11.8 Å². The van der Waals surface area contributed by atoms with Crippen LogP contribution in [-0.2, 0) is 0 Å². The van der Waals surface area contributed by atoms with Crippen molar-refractivity contribution in [2.75, 3.05) is 0 Å². The molecule has 23 heavy (non-hydrogen) atoms. The molecule has 6 nitrogen and oxygen atoms in total. The Kier molecular flexibility index (Phi) is 3.04. The van der Waals surface area contributed by atoms with Crippen LogP contribution in [0.5, 0.6) is 0 Å². The van der Waals surface area contributed by atoms with Crippen molar-refractivity contribution < 1.29 is 9.90 Å². The SMILES string of the molecule is O=C(O)c1cc2ccc(C3CCC3)c(-c3ccn[nH]3)c2[nH]c1=O.